The Morgan fingerprint density at radius 3 is 2.78 bits per heavy atom. The predicted octanol–water partition coefficient (Wildman–Crippen LogP) is 2.95. The number of aromatic nitrogens is 5. The molecule has 9 heteroatoms. The summed E-state index contributed by atoms with van der Waals surface area (Å²) in [7, 11) is 1.64. The monoisotopic (exact) mass is 430 g/mol. The number of anilines is 1. The zero-order valence-corrected chi connectivity index (χ0v) is 17.6. The number of nitrogens with zero attached hydrogens (tertiary/aromatic N) is 5. The minimum absolute atomic E-state index is 0.289. The maximum Gasteiger partial charge on any atom is 0.254 e. The molecular formula is C23H22N6O3. The van der Waals surface area contributed by atoms with Gasteiger partial charge in [-0.1, -0.05) is 24.8 Å². The van der Waals surface area contributed by atoms with Crippen molar-refractivity contribution < 1.29 is 14.3 Å². The third-order valence-corrected chi connectivity index (χ3v) is 4.70. The van der Waals surface area contributed by atoms with Gasteiger partial charge in [0.1, 0.15) is 24.5 Å². The number of nitrogens with one attached hydrogen (secondary N) is 1. The number of fused-ring (bicyclic) bond motifs is 1. The number of methoxy groups -OCH3 is 1. The van der Waals surface area contributed by atoms with Crippen molar-refractivity contribution in [2.45, 2.75) is 6.42 Å². The number of carbonyl (C=O) groups is 1. The molecule has 1 N–H and O–H groups in total. The van der Waals surface area contributed by atoms with Crippen molar-refractivity contribution in [1.82, 2.24) is 24.7 Å². The van der Waals surface area contributed by atoms with Crippen LogP contribution in [0.1, 0.15) is 11.4 Å². The summed E-state index contributed by atoms with van der Waals surface area (Å²) in [6, 6.07) is 13.3. The van der Waals surface area contributed by atoms with Crippen molar-refractivity contribution in [1.29, 1.82) is 0 Å². The van der Waals surface area contributed by atoms with E-state index in [4.69, 9.17) is 9.47 Å². The van der Waals surface area contributed by atoms with E-state index < -0.39 is 0 Å². The molecule has 0 aliphatic rings. The van der Waals surface area contributed by atoms with Crippen LogP contribution in [-0.2, 0) is 16.0 Å². The molecule has 162 valence electrons. The van der Waals surface area contributed by atoms with Crippen LogP contribution in [0.5, 0.6) is 5.75 Å². The Kier molecular flexibility index (Phi) is 6.47. The number of amides is 1. The van der Waals surface area contributed by atoms with E-state index in [1.807, 2.05) is 36.4 Å². The molecule has 0 radical (unpaired) electrons. The van der Waals surface area contributed by atoms with Gasteiger partial charge in [-0.2, -0.15) is 19.7 Å². The van der Waals surface area contributed by atoms with Gasteiger partial charge < -0.3 is 14.8 Å². The van der Waals surface area contributed by atoms with Crippen molar-refractivity contribution in [3.8, 4) is 11.7 Å². The van der Waals surface area contributed by atoms with Crippen molar-refractivity contribution in [2.24, 2.45) is 0 Å². The van der Waals surface area contributed by atoms with Crippen LogP contribution in [0, 0.1) is 0 Å². The molecule has 4 aromatic rings. The maximum atomic E-state index is 11.7. The van der Waals surface area contributed by atoms with Crippen LogP contribution in [0.4, 0.5) is 5.69 Å². The lowest BCUT2D eigenvalue weighted by Gasteiger charge is -2.07. The molecule has 2 aromatic heterocycles. The molecule has 0 atom stereocenters. The van der Waals surface area contributed by atoms with E-state index in [9.17, 15) is 4.79 Å². The molecule has 0 fully saturated rings. The largest absolute Gasteiger partial charge is 0.491 e. The van der Waals surface area contributed by atoms with Gasteiger partial charge in [0.05, 0.1) is 24.0 Å². The predicted molar refractivity (Wildman–Crippen MR) is 120 cm³/mol. The third-order valence-electron chi connectivity index (χ3n) is 4.70. The molecule has 0 aliphatic heterocycles. The summed E-state index contributed by atoms with van der Waals surface area (Å²) in [6.45, 7) is 4.53. The van der Waals surface area contributed by atoms with Gasteiger partial charge in [-0.05, 0) is 35.9 Å². The van der Waals surface area contributed by atoms with E-state index in [1.54, 1.807) is 24.1 Å². The Labute approximate surface area is 184 Å². The number of benzene rings is 2. The lowest BCUT2D eigenvalue weighted by atomic mass is 10.1. The van der Waals surface area contributed by atoms with Gasteiger partial charge in [0.25, 0.3) is 5.95 Å². The molecular weight excluding hydrogens is 408 g/mol. The lowest BCUT2D eigenvalue weighted by Crippen LogP contribution is -2.08. The molecule has 32 heavy (non-hydrogen) atoms. The Morgan fingerprint density at radius 2 is 2.00 bits per heavy atom. The quantitative estimate of drug-likeness (QED) is 0.322. The Balaban J connectivity index is 1.54. The normalized spacial score (nSPS) is 10.8. The van der Waals surface area contributed by atoms with E-state index in [2.05, 4.69) is 31.9 Å². The zero-order chi connectivity index (χ0) is 22.3. The van der Waals surface area contributed by atoms with E-state index in [0.717, 1.165) is 22.2 Å². The molecule has 0 unspecified atom stereocenters. The summed E-state index contributed by atoms with van der Waals surface area (Å²) in [6.07, 6.45) is 4.89. The minimum Gasteiger partial charge on any atom is -0.491 e. The van der Waals surface area contributed by atoms with Crippen molar-refractivity contribution in [3.05, 3.63) is 79.0 Å². The van der Waals surface area contributed by atoms with Gasteiger partial charge in [0.2, 0.25) is 5.91 Å². The number of hydrogen-bond donors (Lipinski definition) is 1. The van der Waals surface area contributed by atoms with Crippen molar-refractivity contribution in [2.75, 3.05) is 25.6 Å². The fraction of sp³-hybridized carbons (Fsp3) is 0.174. The number of carbonyl (C=O) groups excluding carboxylic acids is 1. The highest BCUT2D eigenvalue weighted by molar-refractivity contribution is 6.05. The van der Waals surface area contributed by atoms with E-state index in [-0.39, 0.29) is 5.91 Å². The fourth-order valence-corrected chi connectivity index (χ4v) is 3.14. The SMILES string of the molecule is C=CC(=O)Nc1cccc2c1cnn2-c1ncnc(Cc2ccc(OCCOC)cc2)n1. The molecule has 1 amide bonds. The van der Waals surface area contributed by atoms with Crippen LogP contribution in [0.15, 0.2) is 67.6 Å². The molecule has 9 nitrogen and oxygen atoms in total. The molecule has 0 spiro atoms. The Bertz CT molecular complexity index is 1240. The highest BCUT2D eigenvalue weighted by Gasteiger charge is 2.12. The van der Waals surface area contributed by atoms with E-state index >= 15 is 0 Å². The van der Waals surface area contributed by atoms with Crippen LogP contribution in [0.2, 0.25) is 0 Å². The molecule has 0 saturated carbocycles. The van der Waals surface area contributed by atoms with Gasteiger partial charge in [-0.15, -0.1) is 0 Å². The lowest BCUT2D eigenvalue weighted by molar-refractivity contribution is -0.111. The third kappa shape index (κ3) is 4.79. The van der Waals surface area contributed by atoms with Gasteiger partial charge in [-0.3, -0.25) is 4.79 Å². The van der Waals surface area contributed by atoms with E-state index in [0.29, 0.717) is 37.1 Å². The van der Waals surface area contributed by atoms with Gasteiger partial charge in [-0.25, -0.2) is 4.98 Å². The summed E-state index contributed by atoms with van der Waals surface area (Å²) < 4.78 is 12.2. The second-order valence-electron chi connectivity index (χ2n) is 6.85. The fourth-order valence-electron chi connectivity index (χ4n) is 3.14. The molecule has 2 heterocycles. The number of hydrogen-bond acceptors (Lipinski definition) is 7. The Morgan fingerprint density at radius 1 is 1.16 bits per heavy atom. The average Bonchev–Trinajstić information content (AvgIpc) is 3.26. The summed E-state index contributed by atoms with van der Waals surface area (Å²) in [5, 5.41) is 7.97. The zero-order valence-electron chi connectivity index (χ0n) is 17.6. The summed E-state index contributed by atoms with van der Waals surface area (Å²) in [5.74, 6) is 1.51. The summed E-state index contributed by atoms with van der Waals surface area (Å²) >= 11 is 0. The maximum absolute atomic E-state index is 11.7. The van der Waals surface area contributed by atoms with Crippen molar-refractivity contribution >= 4 is 22.5 Å². The summed E-state index contributed by atoms with van der Waals surface area (Å²) in [4.78, 5) is 24.9. The molecule has 2 aromatic carbocycles. The van der Waals surface area contributed by atoms with Crippen LogP contribution < -0.4 is 10.1 Å². The first-order valence-corrected chi connectivity index (χ1v) is 9.97. The minimum atomic E-state index is -0.289. The van der Waals surface area contributed by atoms with Gasteiger partial charge in [0.15, 0.2) is 0 Å². The highest BCUT2D eigenvalue weighted by atomic mass is 16.5. The molecule has 0 saturated heterocycles. The Hall–Kier alpha value is -4.11. The average molecular weight is 430 g/mol. The molecule has 0 bridgehead atoms. The highest BCUT2D eigenvalue weighted by Crippen LogP contribution is 2.24. The topological polar surface area (TPSA) is 104 Å². The first-order valence-electron chi connectivity index (χ1n) is 9.97. The first-order chi connectivity index (χ1) is 15.7. The van der Waals surface area contributed by atoms with Crippen LogP contribution >= 0.6 is 0 Å². The van der Waals surface area contributed by atoms with Crippen LogP contribution in [-0.4, -0.2) is 51.0 Å². The van der Waals surface area contributed by atoms with Crippen molar-refractivity contribution in [3.63, 3.8) is 0 Å². The first kappa shape index (κ1) is 21.1. The van der Waals surface area contributed by atoms with Gasteiger partial charge in [0, 0.05) is 18.9 Å². The van der Waals surface area contributed by atoms with Crippen LogP contribution in [0.25, 0.3) is 16.9 Å². The smallest absolute Gasteiger partial charge is 0.254 e. The van der Waals surface area contributed by atoms with Crippen LogP contribution in [0.3, 0.4) is 0 Å². The second-order valence-corrected chi connectivity index (χ2v) is 6.85. The second kappa shape index (κ2) is 9.80. The molecule has 0 aliphatic carbocycles. The van der Waals surface area contributed by atoms with Gasteiger partial charge >= 0.3 is 0 Å². The summed E-state index contributed by atoms with van der Waals surface area (Å²) in [5.41, 5.74) is 2.45. The van der Waals surface area contributed by atoms with E-state index in [1.165, 1.54) is 12.4 Å². The molecule has 4 rings (SSSR count). The number of ether oxygens (including phenoxy) is 2. The number of rotatable bonds is 9. The standard InChI is InChI=1S/C23H22N6O3/c1-3-22(30)27-19-5-4-6-20-18(19)14-26-29(20)23-25-15-24-21(28-23)13-16-7-9-17(10-8-16)32-12-11-31-2/h3-10,14-15H,1,11-13H2,2H3,(H,27,30).